The summed E-state index contributed by atoms with van der Waals surface area (Å²) < 4.78 is 29.0. The van der Waals surface area contributed by atoms with Crippen molar-refractivity contribution in [3.05, 3.63) is 59.9 Å². The van der Waals surface area contributed by atoms with Crippen LogP contribution < -0.4 is 0 Å². The van der Waals surface area contributed by atoms with Gasteiger partial charge in [-0.25, -0.2) is 8.78 Å². The van der Waals surface area contributed by atoms with Crippen LogP contribution in [0.5, 0.6) is 0 Å². The average Bonchev–Trinajstić information content (AvgIpc) is 2.89. The zero-order valence-electron chi connectivity index (χ0n) is 11.7. The molecule has 0 bridgehead atoms. The first-order valence-electron chi connectivity index (χ1n) is 6.52. The van der Waals surface area contributed by atoms with Gasteiger partial charge in [-0.1, -0.05) is 17.8 Å². The average molecular weight is 318 g/mol. The minimum Gasteiger partial charge on any atom is -0.305 e. The van der Waals surface area contributed by atoms with Crippen LogP contribution >= 0.6 is 11.8 Å². The number of pyridine rings is 1. The summed E-state index contributed by atoms with van der Waals surface area (Å²) in [6.07, 6.45) is 3.34. The van der Waals surface area contributed by atoms with Crippen molar-refractivity contribution in [3.8, 4) is 11.4 Å². The SMILES string of the molecule is Cn1c(SCc2c(F)cccc2F)nnc1-c1ccncc1. The minimum absolute atomic E-state index is 0.0426. The number of benzene rings is 1. The zero-order chi connectivity index (χ0) is 15.5. The lowest BCUT2D eigenvalue weighted by molar-refractivity contribution is 0.566. The van der Waals surface area contributed by atoms with E-state index in [4.69, 9.17) is 0 Å². The van der Waals surface area contributed by atoms with Gasteiger partial charge in [0.15, 0.2) is 11.0 Å². The van der Waals surface area contributed by atoms with Crippen LogP contribution in [0.15, 0.2) is 47.9 Å². The Kier molecular flexibility index (Phi) is 4.15. The van der Waals surface area contributed by atoms with Crippen molar-refractivity contribution in [2.75, 3.05) is 0 Å². The van der Waals surface area contributed by atoms with Gasteiger partial charge in [-0.3, -0.25) is 4.98 Å². The van der Waals surface area contributed by atoms with E-state index >= 15 is 0 Å². The molecule has 0 N–H and O–H groups in total. The molecule has 2 heterocycles. The molecule has 7 heteroatoms. The summed E-state index contributed by atoms with van der Waals surface area (Å²) in [5.41, 5.74) is 0.926. The molecule has 0 radical (unpaired) electrons. The Bertz CT molecular complexity index is 769. The third-order valence-electron chi connectivity index (χ3n) is 3.18. The largest absolute Gasteiger partial charge is 0.305 e. The maximum absolute atomic E-state index is 13.6. The molecule has 2 aromatic heterocycles. The Morgan fingerprint density at radius 3 is 2.41 bits per heavy atom. The molecule has 112 valence electrons. The van der Waals surface area contributed by atoms with Gasteiger partial charge in [-0.15, -0.1) is 10.2 Å². The first-order chi connectivity index (χ1) is 10.7. The second-order valence-electron chi connectivity index (χ2n) is 4.59. The molecule has 0 fully saturated rings. The van der Waals surface area contributed by atoms with Gasteiger partial charge in [0.2, 0.25) is 0 Å². The number of aromatic nitrogens is 4. The summed E-state index contributed by atoms with van der Waals surface area (Å²) in [6, 6.07) is 7.50. The second kappa shape index (κ2) is 6.23. The van der Waals surface area contributed by atoms with E-state index in [0.717, 1.165) is 5.56 Å². The molecule has 0 amide bonds. The van der Waals surface area contributed by atoms with Gasteiger partial charge in [-0.05, 0) is 24.3 Å². The van der Waals surface area contributed by atoms with E-state index in [1.807, 2.05) is 19.2 Å². The summed E-state index contributed by atoms with van der Waals surface area (Å²) in [6.45, 7) is 0. The fourth-order valence-electron chi connectivity index (χ4n) is 2.00. The molecule has 0 unspecified atom stereocenters. The summed E-state index contributed by atoms with van der Waals surface area (Å²) in [5.74, 6) is -0.271. The van der Waals surface area contributed by atoms with Crippen molar-refractivity contribution >= 4 is 11.8 Å². The molecule has 0 saturated heterocycles. The number of hydrogen-bond donors (Lipinski definition) is 0. The van der Waals surface area contributed by atoms with Gasteiger partial charge in [0.05, 0.1) is 0 Å². The first-order valence-corrected chi connectivity index (χ1v) is 7.51. The third-order valence-corrected chi connectivity index (χ3v) is 4.23. The summed E-state index contributed by atoms with van der Waals surface area (Å²) in [7, 11) is 1.82. The monoisotopic (exact) mass is 318 g/mol. The van der Waals surface area contributed by atoms with Crippen molar-refractivity contribution in [1.82, 2.24) is 19.7 Å². The third kappa shape index (κ3) is 2.85. The van der Waals surface area contributed by atoms with E-state index < -0.39 is 11.6 Å². The summed E-state index contributed by atoms with van der Waals surface area (Å²) >= 11 is 1.24. The van der Waals surface area contributed by atoms with Crippen molar-refractivity contribution in [3.63, 3.8) is 0 Å². The van der Waals surface area contributed by atoms with Crippen LogP contribution in [0.4, 0.5) is 8.78 Å². The van der Waals surface area contributed by atoms with E-state index in [0.29, 0.717) is 11.0 Å². The van der Waals surface area contributed by atoms with Crippen LogP contribution in [-0.4, -0.2) is 19.7 Å². The number of thioether (sulfide) groups is 1. The molecule has 4 nitrogen and oxygen atoms in total. The number of nitrogens with zero attached hydrogens (tertiary/aromatic N) is 4. The predicted molar refractivity (Wildman–Crippen MR) is 80.2 cm³/mol. The Balaban J connectivity index is 1.81. The molecule has 0 aliphatic rings. The minimum atomic E-state index is -0.552. The smallest absolute Gasteiger partial charge is 0.191 e. The van der Waals surface area contributed by atoms with E-state index in [9.17, 15) is 8.78 Å². The highest BCUT2D eigenvalue weighted by atomic mass is 32.2. The molecule has 0 aliphatic carbocycles. The lowest BCUT2D eigenvalue weighted by atomic mass is 10.2. The zero-order valence-corrected chi connectivity index (χ0v) is 12.5. The highest BCUT2D eigenvalue weighted by molar-refractivity contribution is 7.98. The van der Waals surface area contributed by atoms with E-state index in [-0.39, 0.29) is 11.3 Å². The van der Waals surface area contributed by atoms with E-state index in [2.05, 4.69) is 15.2 Å². The van der Waals surface area contributed by atoms with Crippen LogP contribution in [0, 0.1) is 11.6 Å². The van der Waals surface area contributed by atoms with Crippen LogP contribution in [-0.2, 0) is 12.8 Å². The maximum Gasteiger partial charge on any atom is 0.191 e. The van der Waals surface area contributed by atoms with E-state index in [1.54, 1.807) is 17.0 Å². The number of hydrogen-bond acceptors (Lipinski definition) is 4. The molecule has 0 spiro atoms. The molecule has 22 heavy (non-hydrogen) atoms. The summed E-state index contributed by atoms with van der Waals surface area (Å²) in [5, 5.41) is 8.79. The normalized spacial score (nSPS) is 10.9. The van der Waals surface area contributed by atoms with Gasteiger partial charge in [-0.2, -0.15) is 0 Å². The van der Waals surface area contributed by atoms with E-state index in [1.165, 1.54) is 30.0 Å². The fraction of sp³-hybridized carbons (Fsp3) is 0.133. The lowest BCUT2D eigenvalue weighted by Gasteiger charge is -2.05. The van der Waals surface area contributed by atoms with Gasteiger partial charge < -0.3 is 4.57 Å². The van der Waals surface area contributed by atoms with Crippen LogP contribution in [0.2, 0.25) is 0 Å². The standard InChI is InChI=1S/C15H12F2N4S/c1-21-14(10-5-7-18-8-6-10)19-20-15(21)22-9-11-12(16)3-2-4-13(11)17/h2-8H,9H2,1H3. The predicted octanol–water partition coefficient (Wildman–Crippen LogP) is 3.45. The van der Waals surface area contributed by atoms with Crippen LogP contribution in [0.25, 0.3) is 11.4 Å². The van der Waals surface area contributed by atoms with Crippen molar-refractivity contribution < 1.29 is 8.78 Å². The maximum atomic E-state index is 13.6. The Hall–Kier alpha value is -2.28. The lowest BCUT2D eigenvalue weighted by Crippen LogP contribution is -1.97. The Morgan fingerprint density at radius 2 is 1.73 bits per heavy atom. The van der Waals surface area contributed by atoms with Crippen LogP contribution in [0.3, 0.4) is 0 Å². The van der Waals surface area contributed by atoms with Gasteiger partial charge in [0, 0.05) is 36.3 Å². The molecule has 3 aromatic rings. The number of rotatable bonds is 4. The molecular formula is C15H12F2N4S. The Morgan fingerprint density at radius 1 is 1.05 bits per heavy atom. The van der Waals surface area contributed by atoms with Gasteiger partial charge in [0.1, 0.15) is 11.6 Å². The molecule has 0 atom stereocenters. The van der Waals surface area contributed by atoms with Crippen molar-refractivity contribution in [2.24, 2.45) is 7.05 Å². The highest BCUT2D eigenvalue weighted by Gasteiger charge is 2.14. The number of halogens is 2. The molecule has 0 saturated carbocycles. The van der Waals surface area contributed by atoms with Crippen molar-refractivity contribution in [1.29, 1.82) is 0 Å². The first kappa shape index (κ1) is 14.6. The van der Waals surface area contributed by atoms with Gasteiger partial charge >= 0.3 is 0 Å². The molecule has 3 rings (SSSR count). The summed E-state index contributed by atoms with van der Waals surface area (Å²) in [4.78, 5) is 3.96. The quantitative estimate of drug-likeness (QED) is 0.691. The molecular weight excluding hydrogens is 306 g/mol. The van der Waals surface area contributed by atoms with Crippen molar-refractivity contribution in [2.45, 2.75) is 10.9 Å². The van der Waals surface area contributed by atoms with Gasteiger partial charge in [0.25, 0.3) is 0 Å². The highest BCUT2D eigenvalue weighted by Crippen LogP contribution is 2.26. The van der Waals surface area contributed by atoms with Crippen LogP contribution in [0.1, 0.15) is 5.56 Å². The topological polar surface area (TPSA) is 43.6 Å². The Labute approximate surface area is 130 Å². The fourth-order valence-corrected chi connectivity index (χ4v) is 2.93. The second-order valence-corrected chi connectivity index (χ2v) is 5.53. The molecule has 0 aliphatic heterocycles. The molecule has 1 aromatic carbocycles.